The average Bonchev–Trinajstić information content (AvgIpc) is 2.93. The van der Waals surface area contributed by atoms with Crippen molar-refractivity contribution in [1.29, 1.82) is 0 Å². The van der Waals surface area contributed by atoms with Gasteiger partial charge in [-0.05, 0) is 47.4 Å². The summed E-state index contributed by atoms with van der Waals surface area (Å²) < 4.78 is 8.01. The van der Waals surface area contributed by atoms with Crippen molar-refractivity contribution in [2.75, 3.05) is 32.2 Å². The predicted molar refractivity (Wildman–Crippen MR) is 104 cm³/mol. The van der Waals surface area contributed by atoms with Gasteiger partial charge < -0.3 is 9.64 Å². The zero-order valence-electron chi connectivity index (χ0n) is 16.8. The largest absolute Gasteiger partial charge is 0.375 e. The molecule has 1 heterocycles. The summed E-state index contributed by atoms with van der Waals surface area (Å²) in [5, 5.41) is 8.69. The van der Waals surface area contributed by atoms with Crippen LogP contribution in [0, 0.1) is 0 Å². The Balaban J connectivity index is 2.52. The van der Waals surface area contributed by atoms with Crippen LogP contribution in [0.4, 0.5) is 0 Å². The number of ether oxygens (including phenoxy) is 1. The first-order valence-electron chi connectivity index (χ1n) is 8.81. The molecule has 0 N–H and O–H groups in total. The number of likely N-dealkylation sites (N-methyl/N-ethyl adjacent to an activating group) is 1. The van der Waals surface area contributed by atoms with Gasteiger partial charge in [0.05, 0.1) is 17.8 Å². The second-order valence-electron chi connectivity index (χ2n) is 8.12. The SMILES string of the molecule is CSCC(C)(C)OCCC(C)(C)c1cn(CCN(C)C(C)C)nn1. The van der Waals surface area contributed by atoms with Crippen molar-refractivity contribution in [3.05, 3.63) is 11.9 Å². The molecule has 0 aromatic carbocycles. The molecule has 5 nitrogen and oxygen atoms in total. The van der Waals surface area contributed by atoms with Crippen molar-refractivity contribution in [3.63, 3.8) is 0 Å². The average molecular weight is 357 g/mol. The minimum absolute atomic E-state index is 0.0301. The topological polar surface area (TPSA) is 43.2 Å². The molecule has 0 saturated carbocycles. The Labute approximate surface area is 152 Å². The van der Waals surface area contributed by atoms with Gasteiger partial charge in [-0.1, -0.05) is 19.1 Å². The lowest BCUT2D eigenvalue weighted by Gasteiger charge is -2.28. The summed E-state index contributed by atoms with van der Waals surface area (Å²) in [6.07, 6.45) is 5.14. The van der Waals surface area contributed by atoms with Gasteiger partial charge in [0.15, 0.2) is 0 Å². The highest BCUT2D eigenvalue weighted by Gasteiger charge is 2.26. The maximum absolute atomic E-state index is 6.06. The molecule has 0 bridgehead atoms. The summed E-state index contributed by atoms with van der Waals surface area (Å²) in [4.78, 5) is 2.31. The summed E-state index contributed by atoms with van der Waals surface area (Å²) >= 11 is 1.82. The Morgan fingerprint density at radius 2 is 1.96 bits per heavy atom. The number of thioether (sulfide) groups is 1. The van der Waals surface area contributed by atoms with E-state index in [0.29, 0.717) is 6.04 Å². The number of rotatable bonds is 11. The molecule has 0 aliphatic rings. The molecule has 0 fully saturated rings. The highest BCUT2D eigenvalue weighted by Crippen LogP contribution is 2.26. The molecule has 1 aromatic heterocycles. The van der Waals surface area contributed by atoms with E-state index in [1.165, 1.54) is 0 Å². The van der Waals surface area contributed by atoms with E-state index >= 15 is 0 Å². The first-order valence-corrected chi connectivity index (χ1v) is 10.2. The van der Waals surface area contributed by atoms with Crippen molar-refractivity contribution >= 4 is 11.8 Å². The highest BCUT2D eigenvalue weighted by atomic mass is 32.2. The van der Waals surface area contributed by atoms with Gasteiger partial charge in [0.25, 0.3) is 0 Å². The molecule has 0 aliphatic carbocycles. The van der Waals surface area contributed by atoms with E-state index in [4.69, 9.17) is 4.74 Å². The molecular weight excluding hydrogens is 320 g/mol. The number of hydrogen-bond acceptors (Lipinski definition) is 5. The highest BCUT2D eigenvalue weighted by molar-refractivity contribution is 7.98. The molecule has 0 spiro atoms. The van der Waals surface area contributed by atoms with Gasteiger partial charge >= 0.3 is 0 Å². The van der Waals surface area contributed by atoms with Gasteiger partial charge in [0.2, 0.25) is 0 Å². The fourth-order valence-corrected chi connectivity index (χ4v) is 3.11. The number of aromatic nitrogens is 3. The van der Waals surface area contributed by atoms with Gasteiger partial charge in [0, 0.05) is 36.6 Å². The van der Waals surface area contributed by atoms with Crippen molar-refractivity contribution in [2.45, 2.75) is 71.6 Å². The number of nitrogens with zero attached hydrogens (tertiary/aromatic N) is 4. The first-order chi connectivity index (χ1) is 11.1. The molecule has 24 heavy (non-hydrogen) atoms. The molecule has 0 radical (unpaired) electrons. The molecule has 0 atom stereocenters. The maximum Gasteiger partial charge on any atom is 0.0884 e. The van der Waals surface area contributed by atoms with Gasteiger partial charge in [-0.3, -0.25) is 4.68 Å². The predicted octanol–water partition coefficient (Wildman–Crippen LogP) is 3.44. The Bertz CT molecular complexity index is 485. The Morgan fingerprint density at radius 1 is 1.29 bits per heavy atom. The molecule has 0 saturated heterocycles. The molecule has 6 heteroatoms. The van der Waals surface area contributed by atoms with Gasteiger partial charge in [-0.15, -0.1) is 5.10 Å². The molecule has 1 rings (SSSR count). The van der Waals surface area contributed by atoms with E-state index < -0.39 is 0 Å². The zero-order chi connectivity index (χ0) is 18.4. The van der Waals surface area contributed by atoms with Crippen LogP contribution in [-0.4, -0.2) is 63.7 Å². The summed E-state index contributed by atoms with van der Waals surface area (Å²) in [5.74, 6) is 1.01. The summed E-state index contributed by atoms with van der Waals surface area (Å²) in [5.41, 5.74) is 0.938. The molecule has 0 unspecified atom stereocenters. The van der Waals surface area contributed by atoms with Gasteiger partial charge in [-0.25, -0.2) is 0 Å². The zero-order valence-corrected chi connectivity index (χ0v) is 17.6. The lowest BCUT2D eigenvalue weighted by atomic mass is 9.86. The Kier molecular flexibility index (Phi) is 8.23. The minimum atomic E-state index is -0.0749. The van der Waals surface area contributed by atoms with Crippen LogP contribution in [0.5, 0.6) is 0 Å². The third-order valence-corrected chi connectivity index (χ3v) is 5.49. The maximum atomic E-state index is 6.06. The lowest BCUT2D eigenvalue weighted by Crippen LogP contribution is -2.30. The van der Waals surface area contributed by atoms with E-state index in [2.05, 4.69) is 76.3 Å². The van der Waals surface area contributed by atoms with Gasteiger partial charge in [-0.2, -0.15) is 11.8 Å². The van der Waals surface area contributed by atoms with Crippen LogP contribution < -0.4 is 0 Å². The smallest absolute Gasteiger partial charge is 0.0884 e. The van der Waals surface area contributed by atoms with E-state index in [-0.39, 0.29) is 11.0 Å². The van der Waals surface area contributed by atoms with Crippen LogP contribution in [0.1, 0.15) is 53.7 Å². The Morgan fingerprint density at radius 3 is 2.54 bits per heavy atom. The van der Waals surface area contributed by atoms with Crippen molar-refractivity contribution in [1.82, 2.24) is 19.9 Å². The van der Waals surface area contributed by atoms with E-state index in [1.807, 2.05) is 16.4 Å². The van der Waals surface area contributed by atoms with Gasteiger partial charge in [0.1, 0.15) is 0 Å². The second kappa shape index (κ2) is 9.20. The summed E-state index contributed by atoms with van der Waals surface area (Å²) in [6, 6.07) is 0.547. The molecule has 0 amide bonds. The monoisotopic (exact) mass is 356 g/mol. The van der Waals surface area contributed by atoms with Crippen molar-refractivity contribution < 1.29 is 4.74 Å². The lowest BCUT2D eigenvalue weighted by molar-refractivity contribution is -0.00653. The van der Waals surface area contributed by atoms with E-state index in [0.717, 1.165) is 37.6 Å². The molecule has 1 aromatic rings. The standard InChI is InChI=1S/C18H36N4OS/c1-15(2)21(7)10-11-22-13-16(19-20-22)17(3,4)9-12-23-18(5,6)14-24-8/h13,15H,9-12,14H2,1-8H3. The van der Waals surface area contributed by atoms with Crippen LogP contribution in [0.3, 0.4) is 0 Å². The van der Waals surface area contributed by atoms with Crippen LogP contribution in [0.2, 0.25) is 0 Å². The Hall–Kier alpha value is -0.590. The third-order valence-electron chi connectivity index (χ3n) is 4.51. The second-order valence-corrected chi connectivity index (χ2v) is 8.98. The van der Waals surface area contributed by atoms with Crippen LogP contribution in [-0.2, 0) is 16.7 Å². The van der Waals surface area contributed by atoms with E-state index in [1.54, 1.807) is 0 Å². The summed E-state index contributed by atoms with van der Waals surface area (Å²) in [6.45, 7) is 15.7. The van der Waals surface area contributed by atoms with Crippen molar-refractivity contribution in [3.8, 4) is 0 Å². The van der Waals surface area contributed by atoms with Crippen LogP contribution >= 0.6 is 11.8 Å². The quantitative estimate of drug-likeness (QED) is 0.607. The van der Waals surface area contributed by atoms with E-state index in [9.17, 15) is 0 Å². The normalized spacial score (nSPS) is 13.2. The van der Waals surface area contributed by atoms with Crippen molar-refractivity contribution in [2.24, 2.45) is 0 Å². The van der Waals surface area contributed by atoms with Crippen LogP contribution in [0.15, 0.2) is 6.20 Å². The third kappa shape index (κ3) is 7.11. The fourth-order valence-electron chi connectivity index (χ4n) is 2.34. The van der Waals surface area contributed by atoms with Crippen LogP contribution in [0.25, 0.3) is 0 Å². The summed E-state index contributed by atoms with van der Waals surface area (Å²) in [7, 11) is 2.14. The minimum Gasteiger partial charge on any atom is -0.375 e. The number of hydrogen-bond donors (Lipinski definition) is 0. The molecular formula is C18H36N4OS. The molecule has 0 aliphatic heterocycles. The fraction of sp³-hybridized carbons (Fsp3) is 0.889. The molecule has 140 valence electrons. The first kappa shape index (κ1) is 21.5.